The molecule has 0 fully saturated rings. The summed E-state index contributed by atoms with van der Waals surface area (Å²) in [5, 5.41) is 12.1. The molecule has 1 rings (SSSR count). The van der Waals surface area contributed by atoms with E-state index in [1.165, 1.54) is 6.07 Å². The van der Waals surface area contributed by atoms with Crippen molar-refractivity contribution in [2.45, 2.75) is 6.42 Å². The summed E-state index contributed by atoms with van der Waals surface area (Å²) in [5.74, 6) is -0.392. The van der Waals surface area contributed by atoms with Crippen molar-refractivity contribution in [1.29, 1.82) is 0 Å². The van der Waals surface area contributed by atoms with E-state index in [0.717, 1.165) is 12.1 Å². The average molecular weight is 276 g/mol. The Labute approximate surface area is 107 Å². The quantitative estimate of drug-likeness (QED) is 0.781. The van der Waals surface area contributed by atoms with Gasteiger partial charge in [-0.1, -0.05) is 11.6 Å². The number of carboxylic acids is 1. The van der Waals surface area contributed by atoms with E-state index in [4.69, 9.17) is 16.7 Å². The van der Waals surface area contributed by atoms with E-state index in [1.54, 1.807) is 18.4 Å². The van der Waals surface area contributed by atoms with Crippen LogP contribution in [0.3, 0.4) is 0 Å². The Morgan fingerprint density at radius 2 is 2.24 bits per heavy atom. The van der Waals surface area contributed by atoms with Crippen LogP contribution in [0.5, 0.6) is 0 Å². The van der Waals surface area contributed by atoms with Crippen molar-refractivity contribution >= 4 is 34.1 Å². The molecule has 1 atom stereocenters. The molecule has 1 unspecified atom stereocenters. The molecule has 0 aliphatic rings. The van der Waals surface area contributed by atoms with Gasteiger partial charge in [-0.05, 0) is 24.6 Å². The maximum atomic E-state index is 10.8. The van der Waals surface area contributed by atoms with Gasteiger partial charge in [0, 0.05) is 35.0 Å². The van der Waals surface area contributed by atoms with Gasteiger partial charge in [0.2, 0.25) is 0 Å². The van der Waals surface area contributed by atoms with Crippen LogP contribution in [-0.2, 0) is 10.8 Å². The zero-order valence-corrected chi connectivity index (χ0v) is 11.0. The zero-order valence-electron chi connectivity index (χ0n) is 9.40. The summed E-state index contributed by atoms with van der Waals surface area (Å²) in [6, 6.07) is 4.71. The number of hydrogen-bond acceptors (Lipinski definition) is 3. The number of anilines is 1. The molecule has 6 heteroatoms. The molecule has 4 nitrogen and oxygen atoms in total. The van der Waals surface area contributed by atoms with Gasteiger partial charge >= 0.3 is 5.97 Å². The lowest BCUT2D eigenvalue weighted by molar-refractivity contribution is 0.0697. The van der Waals surface area contributed by atoms with E-state index in [-0.39, 0.29) is 10.6 Å². The van der Waals surface area contributed by atoms with Gasteiger partial charge in [-0.25, -0.2) is 4.79 Å². The highest BCUT2D eigenvalue weighted by atomic mass is 35.5. The molecular weight excluding hydrogens is 262 g/mol. The summed E-state index contributed by atoms with van der Waals surface area (Å²) in [7, 11) is -0.781. The molecule has 94 valence electrons. The Bertz CT molecular complexity index is 437. The lowest BCUT2D eigenvalue weighted by Gasteiger charge is -2.07. The van der Waals surface area contributed by atoms with Gasteiger partial charge in [0.1, 0.15) is 0 Å². The maximum Gasteiger partial charge on any atom is 0.337 e. The lowest BCUT2D eigenvalue weighted by Crippen LogP contribution is -2.06. The normalized spacial score (nSPS) is 12.1. The SMILES string of the molecule is CS(=O)CCCNc1ccc(C(=O)O)c(Cl)c1. The second kappa shape index (κ2) is 6.61. The number of halogens is 1. The van der Waals surface area contributed by atoms with E-state index in [2.05, 4.69) is 5.32 Å². The van der Waals surface area contributed by atoms with E-state index >= 15 is 0 Å². The molecule has 2 N–H and O–H groups in total. The lowest BCUT2D eigenvalue weighted by atomic mass is 10.2. The van der Waals surface area contributed by atoms with Crippen molar-refractivity contribution in [3.8, 4) is 0 Å². The predicted octanol–water partition coefficient (Wildman–Crippen LogP) is 2.22. The zero-order chi connectivity index (χ0) is 12.8. The summed E-state index contributed by atoms with van der Waals surface area (Å²) in [4.78, 5) is 10.7. The first kappa shape index (κ1) is 14.0. The number of carboxylic acid groups (broad SMARTS) is 1. The smallest absolute Gasteiger partial charge is 0.337 e. The van der Waals surface area contributed by atoms with Crippen LogP contribution in [0.15, 0.2) is 18.2 Å². The van der Waals surface area contributed by atoms with Crippen molar-refractivity contribution in [3.05, 3.63) is 28.8 Å². The Hall–Kier alpha value is -1.07. The first-order valence-electron chi connectivity index (χ1n) is 5.07. The van der Waals surface area contributed by atoms with Gasteiger partial charge in [0.25, 0.3) is 0 Å². The first-order valence-corrected chi connectivity index (χ1v) is 7.18. The van der Waals surface area contributed by atoms with Gasteiger partial charge in [0.15, 0.2) is 0 Å². The number of benzene rings is 1. The molecule has 1 aromatic carbocycles. The third-order valence-corrected chi connectivity index (χ3v) is 3.31. The van der Waals surface area contributed by atoms with Crippen LogP contribution in [0.2, 0.25) is 5.02 Å². The topological polar surface area (TPSA) is 66.4 Å². The van der Waals surface area contributed by atoms with Crippen LogP contribution in [0.25, 0.3) is 0 Å². The second-order valence-electron chi connectivity index (χ2n) is 3.56. The number of rotatable bonds is 6. The Morgan fingerprint density at radius 3 is 2.76 bits per heavy atom. The van der Waals surface area contributed by atoms with Crippen LogP contribution in [-0.4, -0.2) is 33.8 Å². The Morgan fingerprint density at radius 1 is 1.53 bits per heavy atom. The third kappa shape index (κ3) is 4.75. The molecule has 0 heterocycles. The van der Waals surface area contributed by atoms with Gasteiger partial charge in [-0.2, -0.15) is 0 Å². The number of hydrogen-bond donors (Lipinski definition) is 2. The van der Waals surface area contributed by atoms with Crippen molar-refractivity contribution in [1.82, 2.24) is 0 Å². The summed E-state index contributed by atoms with van der Waals surface area (Å²) in [6.45, 7) is 0.683. The fraction of sp³-hybridized carbons (Fsp3) is 0.364. The first-order chi connectivity index (χ1) is 8.00. The minimum atomic E-state index is -1.04. The fourth-order valence-electron chi connectivity index (χ4n) is 1.31. The predicted molar refractivity (Wildman–Crippen MR) is 70.5 cm³/mol. The van der Waals surface area contributed by atoms with Crippen LogP contribution in [0.1, 0.15) is 16.8 Å². The standard InChI is InChI=1S/C11H14ClNO3S/c1-17(16)6-2-5-13-8-3-4-9(11(14)15)10(12)7-8/h3-4,7,13H,2,5-6H2,1H3,(H,14,15). The Kier molecular flexibility index (Phi) is 5.44. The van der Waals surface area contributed by atoms with Gasteiger partial charge in [-0.15, -0.1) is 0 Å². The highest BCUT2D eigenvalue weighted by Gasteiger charge is 2.08. The molecule has 0 aliphatic carbocycles. The van der Waals surface area contributed by atoms with Gasteiger partial charge < -0.3 is 10.4 Å². The molecule has 0 saturated carbocycles. The van der Waals surface area contributed by atoms with E-state index < -0.39 is 16.8 Å². The second-order valence-corrected chi connectivity index (χ2v) is 5.52. The van der Waals surface area contributed by atoms with E-state index in [0.29, 0.717) is 12.3 Å². The minimum absolute atomic E-state index is 0.0897. The molecule has 17 heavy (non-hydrogen) atoms. The molecule has 0 radical (unpaired) electrons. The van der Waals surface area contributed by atoms with Crippen LogP contribution >= 0.6 is 11.6 Å². The highest BCUT2D eigenvalue weighted by Crippen LogP contribution is 2.20. The van der Waals surface area contributed by atoms with Crippen LogP contribution in [0, 0.1) is 0 Å². The number of carbonyl (C=O) groups is 1. The third-order valence-electron chi connectivity index (χ3n) is 2.14. The van der Waals surface area contributed by atoms with Crippen LogP contribution in [0.4, 0.5) is 5.69 Å². The summed E-state index contributed by atoms with van der Waals surface area (Å²) >= 11 is 5.82. The van der Waals surface area contributed by atoms with Gasteiger partial charge in [0.05, 0.1) is 10.6 Å². The molecule has 0 bridgehead atoms. The van der Waals surface area contributed by atoms with Crippen molar-refractivity contribution in [2.75, 3.05) is 23.9 Å². The van der Waals surface area contributed by atoms with Crippen molar-refractivity contribution in [2.24, 2.45) is 0 Å². The fourth-order valence-corrected chi connectivity index (χ4v) is 2.12. The Balaban J connectivity index is 2.53. The van der Waals surface area contributed by atoms with Crippen LogP contribution < -0.4 is 5.32 Å². The van der Waals surface area contributed by atoms with Crippen molar-refractivity contribution in [3.63, 3.8) is 0 Å². The van der Waals surface area contributed by atoms with Gasteiger partial charge in [-0.3, -0.25) is 4.21 Å². The summed E-state index contributed by atoms with van der Waals surface area (Å²) in [5.41, 5.74) is 0.855. The van der Waals surface area contributed by atoms with E-state index in [1.807, 2.05) is 0 Å². The maximum absolute atomic E-state index is 10.8. The molecule has 0 aromatic heterocycles. The molecule has 0 saturated heterocycles. The molecule has 1 aromatic rings. The molecular formula is C11H14ClNO3S. The largest absolute Gasteiger partial charge is 0.478 e. The molecule has 0 aliphatic heterocycles. The highest BCUT2D eigenvalue weighted by molar-refractivity contribution is 7.84. The summed E-state index contributed by atoms with van der Waals surface area (Å²) < 4.78 is 10.8. The van der Waals surface area contributed by atoms with Crippen molar-refractivity contribution < 1.29 is 14.1 Å². The van der Waals surface area contributed by atoms with E-state index in [9.17, 15) is 9.00 Å². The molecule has 0 spiro atoms. The number of aromatic carboxylic acids is 1. The summed E-state index contributed by atoms with van der Waals surface area (Å²) in [6.07, 6.45) is 2.46. The number of nitrogens with one attached hydrogen (secondary N) is 1. The minimum Gasteiger partial charge on any atom is -0.478 e. The average Bonchev–Trinajstić information content (AvgIpc) is 2.23. The molecule has 0 amide bonds. The monoisotopic (exact) mass is 275 g/mol.